The summed E-state index contributed by atoms with van der Waals surface area (Å²) in [6, 6.07) is 4.09. The minimum atomic E-state index is -0.396. The van der Waals surface area contributed by atoms with Gasteiger partial charge in [0, 0.05) is 18.9 Å². The van der Waals surface area contributed by atoms with Gasteiger partial charge < -0.3 is 4.90 Å². The molecule has 1 aromatic heterocycles. The van der Waals surface area contributed by atoms with E-state index >= 15 is 0 Å². The monoisotopic (exact) mass is 252 g/mol. The molecule has 1 aromatic rings. The molecule has 0 saturated carbocycles. The van der Waals surface area contributed by atoms with Gasteiger partial charge in [-0.1, -0.05) is 13.0 Å². The van der Waals surface area contributed by atoms with Gasteiger partial charge >= 0.3 is 0 Å². The number of amides is 1. The van der Waals surface area contributed by atoms with Crippen molar-refractivity contribution in [1.29, 1.82) is 0 Å². The highest BCUT2D eigenvalue weighted by Gasteiger charge is 2.32. The zero-order valence-electron chi connectivity index (χ0n) is 9.97. The standard InChI is InChI=1S/C13H17ClN2O/c1-2-11(14)13(17)16-8-4-6-12(16)10-5-3-7-15-9-10/h3,5,7,9,11-12H,2,4,6,8H2,1H3/t11-,12+/m0/s1. The molecule has 0 bridgehead atoms. The van der Waals surface area contributed by atoms with Gasteiger partial charge in [-0.25, -0.2) is 0 Å². The summed E-state index contributed by atoms with van der Waals surface area (Å²) < 4.78 is 0. The molecular formula is C13H17ClN2O. The van der Waals surface area contributed by atoms with Crippen molar-refractivity contribution in [3.63, 3.8) is 0 Å². The number of halogens is 1. The Labute approximate surface area is 107 Å². The number of carbonyl (C=O) groups excluding carboxylic acids is 1. The van der Waals surface area contributed by atoms with Crippen molar-refractivity contribution >= 4 is 17.5 Å². The van der Waals surface area contributed by atoms with Gasteiger partial charge in [-0.05, 0) is 30.9 Å². The molecule has 1 aliphatic rings. The van der Waals surface area contributed by atoms with Crippen LogP contribution in [0.4, 0.5) is 0 Å². The Morgan fingerprint density at radius 3 is 3.18 bits per heavy atom. The topological polar surface area (TPSA) is 33.2 Å². The maximum atomic E-state index is 12.1. The van der Waals surface area contributed by atoms with Crippen molar-refractivity contribution < 1.29 is 4.79 Å². The molecule has 0 spiro atoms. The van der Waals surface area contributed by atoms with Crippen molar-refractivity contribution in [3.05, 3.63) is 30.1 Å². The molecule has 0 aliphatic carbocycles. The third kappa shape index (κ3) is 2.60. The van der Waals surface area contributed by atoms with E-state index in [0.29, 0.717) is 6.42 Å². The molecule has 1 amide bonds. The van der Waals surface area contributed by atoms with Gasteiger partial charge in [-0.3, -0.25) is 9.78 Å². The number of aromatic nitrogens is 1. The lowest BCUT2D eigenvalue weighted by Gasteiger charge is -2.26. The second kappa shape index (κ2) is 5.50. The Morgan fingerprint density at radius 2 is 2.53 bits per heavy atom. The molecule has 92 valence electrons. The van der Waals surface area contributed by atoms with Gasteiger partial charge in [0.2, 0.25) is 5.91 Å². The second-order valence-corrected chi connectivity index (χ2v) is 4.88. The Balaban J connectivity index is 2.15. The number of hydrogen-bond donors (Lipinski definition) is 0. The number of pyridine rings is 1. The largest absolute Gasteiger partial charge is 0.334 e. The summed E-state index contributed by atoms with van der Waals surface area (Å²) in [5.41, 5.74) is 1.11. The predicted octanol–water partition coefficient (Wildman–Crippen LogP) is 2.76. The first-order valence-electron chi connectivity index (χ1n) is 6.08. The maximum absolute atomic E-state index is 12.1. The molecule has 0 aromatic carbocycles. The first kappa shape index (κ1) is 12.4. The van der Waals surface area contributed by atoms with Crippen LogP contribution in [-0.2, 0) is 4.79 Å². The lowest BCUT2D eigenvalue weighted by Crippen LogP contribution is -2.36. The fourth-order valence-corrected chi connectivity index (χ4v) is 2.43. The van der Waals surface area contributed by atoms with Crippen LogP contribution in [0, 0.1) is 0 Å². The van der Waals surface area contributed by atoms with Gasteiger partial charge in [0.05, 0.1) is 6.04 Å². The van der Waals surface area contributed by atoms with E-state index in [2.05, 4.69) is 4.98 Å². The predicted molar refractivity (Wildman–Crippen MR) is 67.9 cm³/mol. The van der Waals surface area contributed by atoms with Crippen LogP contribution in [0.2, 0.25) is 0 Å². The zero-order valence-corrected chi connectivity index (χ0v) is 10.7. The van der Waals surface area contributed by atoms with Gasteiger partial charge in [0.25, 0.3) is 0 Å². The van der Waals surface area contributed by atoms with Gasteiger partial charge in [0.15, 0.2) is 0 Å². The first-order valence-corrected chi connectivity index (χ1v) is 6.52. The highest BCUT2D eigenvalue weighted by atomic mass is 35.5. The molecule has 2 rings (SSSR count). The minimum Gasteiger partial charge on any atom is -0.334 e. The summed E-state index contributed by atoms with van der Waals surface area (Å²) in [6.45, 7) is 2.74. The normalized spacial score (nSPS) is 21.5. The summed E-state index contributed by atoms with van der Waals surface area (Å²) in [5, 5.41) is -0.396. The second-order valence-electron chi connectivity index (χ2n) is 4.35. The Morgan fingerprint density at radius 1 is 1.71 bits per heavy atom. The highest BCUT2D eigenvalue weighted by Crippen LogP contribution is 2.32. The molecule has 4 heteroatoms. The Bertz CT molecular complexity index is 382. The van der Waals surface area contributed by atoms with Crippen LogP contribution in [0.15, 0.2) is 24.5 Å². The van der Waals surface area contributed by atoms with E-state index < -0.39 is 5.38 Å². The molecule has 1 aliphatic heterocycles. The van der Waals surface area contributed by atoms with E-state index in [9.17, 15) is 4.79 Å². The van der Waals surface area contributed by atoms with E-state index in [-0.39, 0.29) is 11.9 Å². The van der Waals surface area contributed by atoms with Crippen molar-refractivity contribution in [1.82, 2.24) is 9.88 Å². The van der Waals surface area contributed by atoms with E-state index in [0.717, 1.165) is 24.9 Å². The van der Waals surface area contributed by atoms with E-state index in [1.807, 2.05) is 30.2 Å². The van der Waals surface area contributed by atoms with Gasteiger partial charge in [0.1, 0.15) is 5.38 Å². The molecular weight excluding hydrogens is 236 g/mol. The number of rotatable bonds is 3. The van der Waals surface area contributed by atoms with Crippen molar-refractivity contribution in [3.8, 4) is 0 Å². The fraction of sp³-hybridized carbons (Fsp3) is 0.538. The lowest BCUT2D eigenvalue weighted by atomic mass is 10.1. The van der Waals surface area contributed by atoms with E-state index in [1.165, 1.54) is 0 Å². The number of alkyl halides is 1. The Hall–Kier alpha value is -1.09. The Kier molecular flexibility index (Phi) is 4.00. The average molecular weight is 253 g/mol. The van der Waals surface area contributed by atoms with Crippen LogP contribution in [-0.4, -0.2) is 27.7 Å². The molecule has 1 saturated heterocycles. The number of likely N-dealkylation sites (tertiary alicyclic amines) is 1. The van der Waals surface area contributed by atoms with Gasteiger partial charge in [-0.2, -0.15) is 0 Å². The maximum Gasteiger partial charge on any atom is 0.241 e. The van der Waals surface area contributed by atoms with Crippen LogP contribution in [0.25, 0.3) is 0 Å². The zero-order chi connectivity index (χ0) is 12.3. The van der Waals surface area contributed by atoms with Crippen LogP contribution >= 0.6 is 11.6 Å². The molecule has 0 unspecified atom stereocenters. The van der Waals surface area contributed by atoms with E-state index in [4.69, 9.17) is 11.6 Å². The van der Waals surface area contributed by atoms with Crippen LogP contribution in [0.1, 0.15) is 37.8 Å². The average Bonchev–Trinajstić information content (AvgIpc) is 2.87. The van der Waals surface area contributed by atoms with Crippen molar-refractivity contribution in [2.24, 2.45) is 0 Å². The molecule has 17 heavy (non-hydrogen) atoms. The highest BCUT2D eigenvalue weighted by molar-refractivity contribution is 6.30. The van der Waals surface area contributed by atoms with Gasteiger partial charge in [-0.15, -0.1) is 11.6 Å². The summed E-state index contributed by atoms with van der Waals surface area (Å²) in [6.07, 6.45) is 6.31. The summed E-state index contributed by atoms with van der Waals surface area (Å²) in [4.78, 5) is 18.2. The SMILES string of the molecule is CC[C@H](Cl)C(=O)N1CCC[C@@H]1c1cccnc1. The quantitative estimate of drug-likeness (QED) is 0.775. The van der Waals surface area contributed by atoms with Crippen LogP contribution in [0.5, 0.6) is 0 Å². The first-order chi connectivity index (χ1) is 8.24. The molecule has 0 radical (unpaired) electrons. The fourth-order valence-electron chi connectivity index (χ4n) is 2.30. The van der Waals surface area contributed by atoms with Crippen LogP contribution in [0.3, 0.4) is 0 Å². The van der Waals surface area contributed by atoms with Crippen molar-refractivity contribution in [2.75, 3.05) is 6.54 Å². The van der Waals surface area contributed by atoms with Crippen molar-refractivity contribution in [2.45, 2.75) is 37.6 Å². The molecule has 3 nitrogen and oxygen atoms in total. The summed E-state index contributed by atoms with van der Waals surface area (Å²) in [5.74, 6) is 0.0560. The van der Waals surface area contributed by atoms with Crippen LogP contribution < -0.4 is 0 Å². The number of hydrogen-bond acceptors (Lipinski definition) is 2. The molecule has 0 N–H and O–H groups in total. The molecule has 2 atom stereocenters. The summed E-state index contributed by atoms with van der Waals surface area (Å²) >= 11 is 6.04. The lowest BCUT2D eigenvalue weighted by molar-refractivity contribution is -0.131. The number of nitrogens with zero attached hydrogens (tertiary/aromatic N) is 2. The van der Waals surface area contributed by atoms with E-state index in [1.54, 1.807) is 6.20 Å². The third-order valence-electron chi connectivity index (χ3n) is 3.23. The smallest absolute Gasteiger partial charge is 0.241 e. The number of carbonyl (C=O) groups is 1. The summed E-state index contributed by atoms with van der Waals surface area (Å²) in [7, 11) is 0. The molecule has 1 fully saturated rings. The minimum absolute atomic E-state index is 0.0560. The molecule has 2 heterocycles. The third-order valence-corrected chi connectivity index (χ3v) is 3.73.